The molecule has 0 heterocycles. The number of nitrogens with zero attached hydrogens (tertiary/aromatic N) is 1. The summed E-state index contributed by atoms with van der Waals surface area (Å²) in [5.74, 6) is 1.75. The molecule has 2 rings (SSSR count). The van der Waals surface area contributed by atoms with Gasteiger partial charge in [0.25, 0.3) is 0 Å². The van der Waals surface area contributed by atoms with Gasteiger partial charge in [0.2, 0.25) is 0 Å². The summed E-state index contributed by atoms with van der Waals surface area (Å²) in [6.45, 7) is 9.11. The molecule has 0 unspecified atom stereocenters. The molecule has 0 atom stereocenters. The average Bonchev–Trinajstić information content (AvgIpc) is 2.76. The van der Waals surface area contributed by atoms with E-state index in [0.717, 1.165) is 33.8 Å². The molecule has 0 spiro atoms. The van der Waals surface area contributed by atoms with Crippen molar-refractivity contribution in [2.24, 2.45) is 5.16 Å². The van der Waals surface area contributed by atoms with E-state index in [1.807, 2.05) is 69.3 Å². The summed E-state index contributed by atoms with van der Waals surface area (Å²) in [5, 5.41) is 3.63. The van der Waals surface area contributed by atoms with E-state index in [2.05, 4.69) is 9.99 Å². The monoisotopic (exact) mass is 427 g/mol. The summed E-state index contributed by atoms with van der Waals surface area (Å²) in [7, 11) is 1.51. The molecular weight excluding hydrogens is 394 g/mol. The fourth-order valence-corrected chi connectivity index (χ4v) is 2.92. The standard InChI is InChI=1S/C25H33NO5/c1-5-6-12-30-24-16-20(2)25(21(3)17-24)31-15-14-29-19-23-9-7-22(8-10-23)18-28-13-11-26-27-4/h5-11,16-17H,12-15,18-19H2,1-4H3/b6-5+,26-11+. The molecule has 31 heavy (non-hydrogen) atoms. The van der Waals surface area contributed by atoms with E-state index in [0.29, 0.717) is 39.6 Å². The number of allylic oxidation sites excluding steroid dienone is 1. The first kappa shape index (κ1) is 24.4. The third kappa shape index (κ3) is 9.24. The molecule has 2 aromatic carbocycles. The van der Waals surface area contributed by atoms with E-state index in [1.165, 1.54) is 7.11 Å². The van der Waals surface area contributed by atoms with Crippen LogP contribution in [-0.2, 0) is 27.5 Å². The first-order valence-electron chi connectivity index (χ1n) is 10.4. The van der Waals surface area contributed by atoms with Gasteiger partial charge in [-0.3, -0.25) is 0 Å². The first-order valence-corrected chi connectivity index (χ1v) is 10.4. The van der Waals surface area contributed by atoms with Crippen molar-refractivity contribution in [3.63, 3.8) is 0 Å². The van der Waals surface area contributed by atoms with E-state index >= 15 is 0 Å². The fourth-order valence-electron chi connectivity index (χ4n) is 2.92. The zero-order chi connectivity index (χ0) is 22.3. The SMILES string of the molecule is C/C=C/COc1cc(C)c(OCCOCc2ccc(COC/C=N/OC)cc2)c(C)c1. The quantitative estimate of drug-likeness (QED) is 0.184. The van der Waals surface area contributed by atoms with E-state index in [4.69, 9.17) is 18.9 Å². The van der Waals surface area contributed by atoms with Crippen molar-refractivity contribution in [3.8, 4) is 11.5 Å². The maximum atomic E-state index is 5.95. The predicted octanol–water partition coefficient (Wildman–Crippen LogP) is 5.00. The molecule has 0 bridgehead atoms. The first-order chi connectivity index (χ1) is 15.1. The van der Waals surface area contributed by atoms with Crippen molar-refractivity contribution >= 4 is 6.21 Å². The minimum atomic E-state index is 0.420. The molecule has 0 aliphatic rings. The van der Waals surface area contributed by atoms with Crippen LogP contribution in [0, 0.1) is 13.8 Å². The molecule has 0 aliphatic carbocycles. The van der Waals surface area contributed by atoms with E-state index in [9.17, 15) is 0 Å². The summed E-state index contributed by atoms with van der Waals surface area (Å²) in [6, 6.07) is 12.2. The van der Waals surface area contributed by atoms with Gasteiger partial charge in [-0.05, 0) is 55.2 Å². The zero-order valence-electron chi connectivity index (χ0n) is 18.9. The minimum absolute atomic E-state index is 0.420. The summed E-state index contributed by atoms with van der Waals surface area (Å²) in [6.07, 6.45) is 5.54. The molecule has 168 valence electrons. The lowest BCUT2D eigenvalue weighted by Gasteiger charge is -2.14. The van der Waals surface area contributed by atoms with Gasteiger partial charge in [0.05, 0.1) is 32.6 Å². The Kier molecular flexibility index (Phi) is 11.2. The number of aryl methyl sites for hydroxylation is 2. The van der Waals surface area contributed by atoms with Crippen molar-refractivity contribution in [1.82, 2.24) is 0 Å². The molecule has 0 saturated heterocycles. The molecular formula is C25H33NO5. The van der Waals surface area contributed by atoms with Crippen LogP contribution in [0.2, 0.25) is 0 Å². The third-order valence-corrected chi connectivity index (χ3v) is 4.42. The molecule has 0 amide bonds. The molecule has 0 radical (unpaired) electrons. The molecule has 2 aromatic rings. The maximum absolute atomic E-state index is 5.95. The second-order valence-electron chi connectivity index (χ2n) is 6.97. The number of ether oxygens (including phenoxy) is 4. The normalized spacial score (nSPS) is 11.4. The van der Waals surface area contributed by atoms with Crippen LogP contribution in [-0.4, -0.2) is 39.8 Å². The van der Waals surface area contributed by atoms with Crippen LogP contribution < -0.4 is 9.47 Å². The Balaban J connectivity index is 1.69. The Morgan fingerprint density at radius 3 is 2.10 bits per heavy atom. The van der Waals surface area contributed by atoms with E-state index in [1.54, 1.807) is 6.21 Å². The lowest BCUT2D eigenvalue weighted by atomic mass is 10.1. The van der Waals surface area contributed by atoms with Gasteiger partial charge in [0, 0.05) is 0 Å². The molecule has 0 N–H and O–H groups in total. The molecule has 0 fully saturated rings. The maximum Gasteiger partial charge on any atom is 0.125 e. The van der Waals surface area contributed by atoms with Gasteiger partial charge in [0.1, 0.15) is 31.8 Å². The molecule has 0 saturated carbocycles. The van der Waals surface area contributed by atoms with Gasteiger partial charge >= 0.3 is 0 Å². The summed E-state index contributed by atoms with van der Waals surface area (Å²) in [4.78, 5) is 4.58. The van der Waals surface area contributed by atoms with Gasteiger partial charge in [-0.25, -0.2) is 0 Å². The van der Waals surface area contributed by atoms with E-state index < -0.39 is 0 Å². The van der Waals surface area contributed by atoms with Crippen molar-refractivity contribution in [1.29, 1.82) is 0 Å². The van der Waals surface area contributed by atoms with Crippen LogP contribution >= 0.6 is 0 Å². The van der Waals surface area contributed by atoms with Gasteiger partial charge in [-0.2, -0.15) is 0 Å². The summed E-state index contributed by atoms with van der Waals surface area (Å²) < 4.78 is 22.9. The second-order valence-corrected chi connectivity index (χ2v) is 6.97. The summed E-state index contributed by atoms with van der Waals surface area (Å²) in [5.41, 5.74) is 4.32. The highest BCUT2D eigenvalue weighted by Gasteiger charge is 2.07. The largest absolute Gasteiger partial charge is 0.491 e. The van der Waals surface area contributed by atoms with Crippen LogP contribution in [0.3, 0.4) is 0 Å². The van der Waals surface area contributed by atoms with Crippen molar-refractivity contribution in [2.45, 2.75) is 34.0 Å². The number of rotatable bonds is 14. The van der Waals surface area contributed by atoms with Crippen molar-refractivity contribution < 1.29 is 23.8 Å². The van der Waals surface area contributed by atoms with Crippen molar-refractivity contribution in [3.05, 3.63) is 70.8 Å². The Morgan fingerprint density at radius 1 is 0.839 bits per heavy atom. The van der Waals surface area contributed by atoms with Crippen LogP contribution in [0.4, 0.5) is 0 Å². The van der Waals surface area contributed by atoms with Gasteiger partial charge < -0.3 is 23.8 Å². The van der Waals surface area contributed by atoms with E-state index in [-0.39, 0.29) is 0 Å². The predicted molar refractivity (Wildman–Crippen MR) is 123 cm³/mol. The van der Waals surface area contributed by atoms with Crippen LogP contribution in [0.1, 0.15) is 29.2 Å². The highest BCUT2D eigenvalue weighted by molar-refractivity contribution is 5.57. The topological polar surface area (TPSA) is 58.5 Å². The Morgan fingerprint density at radius 2 is 1.48 bits per heavy atom. The molecule has 6 nitrogen and oxygen atoms in total. The minimum Gasteiger partial charge on any atom is -0.491 e. The number of hydrogen-bond donors (Lipinski definition) is 0. The smallest absolute Gasteiger partial charge is 0.125 e. The zero-order valence-corrected chi connectivity index (χ0v) is 18.9. The van der Waals surface area contributed by atoms with Gasteiger partial charge in [-0.1, -0.05) is 41.6 Å². The number of benzene rings is 2. The highest BCUT2D eigenvalue weighted by atomic mass is 16.6. The van der Waals surface area contributed by atoms with Gasteiger partial charge in [0.15, 0.2) is 0 Å². The lowest BCUT2D eigenvalue weighted by molar-refractivity contribution is 0.0884. The molecule has 0 aromatic heterocycles. The molecule has 0 aliphatic heterocycles. The number of hydrogen-bond acceptors (Lipinski definition) is 6. The lowest BCUT2D eigenvalue weighted by Crippen LogP contribution is -2.08. The highest BCUT2D eigenvalue weighted by Crippen LogP contribution is 2.28. The van der Waals surface area contributed by atoms with Crippen LogP contribution in [0.25, 0.3) is 0 Å². The van der Waals surface area contributed by atoms with Gasteiger partial charge in [-0.15, -0.1) is 0 Å². The second kappa shape index (κ2) is 14.2. The average molecular weight is 428 g/mol. The molecule has 6 heteroatoms. The fraction of sp³-hybridized carbons (Fsp3) is 0.400. The van der Waals surface area contributed by atoms with Crippen molar-refractivity contribution in [2.75, 3.05) is 33.5 Å². The third-order valence-electron chi connectivity index (χ3n) is 4.42. The Bertz CT molecular complexity index is 807. The summed E-state index contributed by atoms with van der Waals surface area (Å²) >= 11 is 0. The Labute approximate surface area is 185 Å². The van der Waals surface area contributed by atoms with Crippen LogP contribution in [0.15, 0.2) is 53.7 Å². The Hall–Kier alpha value is -2.83. The number of oxime groups is 1. The van der Waals surface area contributed by atoms with Crippen LogP contribution in [0.5, 0.6) is 11.5 Å².